The number of carbonyl (C=O) groups excluding carboxylic acids is 2. The molecule has 0 bridgehead atoms. The highest BCUT2D eigenvalue weighted by Gasteiger charge is 2.33. The molecule has 0 N–H and O–H groups in total. The largest absolute Gasteiger partial charge is 0.469 e. The number of hydrogen-bond donors (Lipinski definition) is 0. The van der Waals surface area contributed by atoms with Crippen LogP contribution in [0.15, 0.2) is 28.0 Å². The second kappa shape index (κ2) is 5.34. The van der Waals surface area contributed by atoms with Gasteiger partial charge in [-0.15, -0.1) is 0 Å². The number of nitrogens with zero attached hydrogens (tertiary/aromatic N) is 1. The number of hydrogen-bond acceptors (Lipinski definition) is 5. The van der Waals surface area contributed by atoms with Crippen molar-refractivity contribution in [2.24, 2.45) is 11.1 Å². The van der Waals surface area contributed by atoms with Crippen molar-refractivity contribution >= 4 is 11.6 Å². The van der Waals surface area contributed by atoms with Crippen molar-refractivity contribution in [3.05, 3.63) is 29.1 Å². The van der Waals surface area contributed by atoms with Crippen molar-refractivity contribution in [1.29, 1.82) is 0 Å². The molecule has 0 spiro atoms. The molecule has 1 unspecified atom stereocenters. The van der Waals surface area contributed by atoms with E-state index < -0.39 is 11.8 Å². The summed E-state index contributed by atoms with van der Waals surface area (Å²) in [6.45, 7) is 2.51. The van der Waals surface area contributed by atoms with Crippen LogP contribution in [0.25, 0.3) is 0 Å². The van der Waals surface area contributed by atoms with Crippen LogP contribution >= 0.6 is 0 Å². The Balaban J connectivity index is 3.04. The Kier molecular flexibility index (Phi) is 4.10. The Morgan fingerprint density at radius 3 is 2.38 bits per heavy atom. The zero-order valence-electron chi connectivity index (χ0n) is 9.17. The minimum absolute atomic E-state index is 0.142. The summed E-state index contributed by atoms with van der Waals surface area (Å²) in [6, 6.07) is 3.28. The van der Waals surface area contributed by atoms with Crippen molar-refractivity contribution in [1.82, 2.24) is 0 Å². The zero-order valence-corrected chi connectivity index (χ0v) is 9.17. The number of nitroso groups, excluding NO2 is 1. The first-order valence-corrected chi connectivity index (χ1v) is 4.91. The lowest BCUT2D eigenvalue weighted by Gasteiger charge is -2.18. The Morgan fingerprint density at radius 1 is 1.38 bits per heavy atom. The van der Waals surface area contributed by atoms with E-state index in [1.54, 1.807) is 12.1 Å². The minimum Gasteiger partial charge on any atom is -0.469 e. The van der Waals surface area contributed by atoms with Crippen molar-refractivity contribution < 1.29 is 14.0 Å². The summed E-state index contributed by atoms with van der Waals surface area (Å²) in [5.74, 6) is -1.57. The van der Waals surface area contributed by atoms with E-state index in [0.29, 0.717) is 5.76 Å². The van der Waals surface area contributed by atoms with Gasteiger partial charge in [0.1, 0.15) is 17.3 Å². The van der Waals surface area contributed by atoms with Gasteiger partial charge >= 0.3 is 0 Å². The minimum atomic E-state index is -0.858. The molecule has 1 aromatic heterocycles. The van der Waals surface area contributed by atoms with Crippen LogP contribution in [0.4, 0.5) is 0 Å². The Bertz CT molecular complexity index is 369. The van der Waals surface area contributed by atoms with Crippen molar-refractivity contribution in [2.45, 2.75) is 19.8 Å². The monoisotopic (exact) mass is 223 g/mol. The second-order valence-electron chi connectivity index (χ2n) is 3.63. The highest BCUT2D eigenvalue weighted by atomic mass is 16.3. The summed E-state index contributed by atoms with van der Waals surface area (Å²) in [5, 5.41) is 2.76. The molecule has 16 heavy (non-hydrogen) atoms. The van der Waals surface area contributed by atoms with Gasteiger partial charge in [-0.1, -0.05) is 5.18 Å². The normalized spacial score (nSPS) is 12.4. The molecule has 1 aromatic rings. The van der Waals surface area contributed by atoms with Crippen LogP contribution in [-0.4, -0.2) is 18.1 Å². The molecule has 0 saturated heterocycles. The summed E-state index contributed by atoms with van der Waals surface area (Å²) in [6.07, 6.45) is 1.43. The predicted molar refractivity (Wildman–Crippen MR) is 57.0 cm³/mol. The Hall–Kier alpha value is -1.78. The first kappa shape index (κ1) is 12.3. The van der Waals surface area contributed by atoms with Gasteiger partial charge in [-0.05, 0) is 26.0 Å². The average Bonchev–Trinajstić information content (AvgIpc) is 2.68. The molecular formula is C11H13NO4. The highest BCUT2D eigenvalue weighted by Crippen LogP contribution is 2.27. The van der Waals surface area contributed by atoms with Crippen LogP contribution in [0.3, 0.4) is 0 Å². The van der Waals surface area contributed by atoms with Gasteiger partial charge in [-0.25, -0.2) is 0 Å². The van der Waals surface area contributed by atoms with E-state index in [0.717, 1.165) is 0 Å². The summed E-state index contributed by atoms with van der Waals surface area (Å²) < 4.78 is 5.13. The molecule has 0 aromatic carbocycles. The molecular weight excluding hydrogens is 210 g/mol. The lowest BCUT2D eigenvalue weighted by molar-refractivity contribution is -0.131. The number of ketones is 2. The SMILES string of the molecule is CC(=O)C(C(C)=O)C(CN=O)c1ccco1. The van der Waals surface area contributed by atoms with E-state index in [4.69, 9.17) is 4.42 Å². The van der Waals surface area contributed by atoms with Gasteiger partial charge in [0.2, 0.25) is 0 Å². The lowest BCUT2D eigenvalue weighted by Crippen LogP contribution is -2.28. The molecule has 1 heterocycles. The van der Waals surface area contributed by atoms with Crippen molar-refractivity contribution in [3.63, 3.8) is 0 Å². The topological polar surface area (TPSA) is 76.7 Å². The summed E-state index contributed by atoms with van der Waals surface area (Å²) in [7, 11) is 0. The van der Waals surface area contributed by atoms with Crippen molar-refractivity contribution in [2.75, 3.05) is 6.54 Å². The first-order chi connectivity index (χ1) is 7.57. The summed E-state index contributed by atoms with van der Waals surface area (Å²) >= 11 is 0. The predicted octanol–water partition coefficient (Wildman–Crippen LogP) is 1.92. The van der Waals surface area contributed by atoms with E-state index in [1.807, 2.05) is 0 Å². The molecule has 0 aliphatic rings. The van der Waals surface area contributed by atoms with Gasteiger partial charge in [0.25, 0.3) is 0 Å². The lowest BCUT2D eigenvalue weighted by atomic mass is 9.84. The molecule has 5 heteroatoms. The van der Waals surface area contributed by atoms with Crippen LogP contribution in [0, 0.1) is 10.8 Å². The average molecular weight is 223 g/mol. The Morgan fingerprint density at radius 2 is 2.00 bits per heavy atom. The molecule has 0 aliphatic heterocycles. The van der Waals surface area contributed by atoms with Gasteiger partial charge in [-0.3, -0.25) is 9.59 Å². The van der Waals surface area contributed by atoms with E-state index in [1.165, 1.54) is 20.1 Å². The maximum absolute atomic E-state index is 11.4. The molecule has 0 radical (unpaired) electrons. The third-order valence-corrected chi connectivity index (χ3v) is 2.46. The van der Waals surface area contributed by atoms with E-state index in [-0.39, 0.29) is 18.1 Å². The molecule has 5 nitrogen and oxygen atoms in total. The fraction of sp³-hybridized carbons (Fsp3) is 0.455. The van der Waals surface area contributed by atoms with Crippen molar-refractivity contribution in [3.8, 4) is 0 Å². The van der Waals surface area contributed by atoms with E-state index in [2.05, 4.69) is 5.18 Å². The smallest absolute Gasteiger partial charge is 0.141 e. The highest BCUT2D eigenvalue weighted by molar-refractivity contribution is 6.01. The maximum Gasteiger partial charge on any atom is 0.141 e. The third-order valence-electron chi connectivity index (χ3n) is 2.46. The quantitative estimate of drug-likeness (QED) is 0.545. The number of furan rings is 1. The Labute approximate surface area is 92.8 Å². The summed E-state index contributed by atoms with van der Waals surface area (Å²) in [5.41, 5.74) is 0. The van der Waals surface area contributed by atoms with E-state index in [9.17, 15) is 14.5 Å². The van der Waals surface area contributed by atoms with Gasteiger partial charge in [0.05, 0.1) is 24.6 Å². The fourth-order valence-electron chi connectivity index (χ4n) is 1.80. The zero-order chi connectivity index (χ0) is 12.1. The molecule has 0 amide bonds. The second-order valence-corrected chi connectivity index (χ2v) is 3.63. The standard InChI is InChI=1S/C11H13NO4/c1-7(13)11(8(2)14)9(6-12-15)10-4-3-5-16-10/h3-5,9,11H,6H2,1-2H3. The molecule has 1 atom stereocenters. The molecule has 0 saturated carbocycles. The first-order valence-electron chi connectivity index (χ1n) is 4.91. The van der Waals surface area contributed by atoms with E-state index >= 15 is 0 Å². The van der Waals surface area contributed by atoms with Crippen LogP contribution in [0.2, 0.25) is 0 Å². The van der Waals surface area contributed by atoms with Crippen LogP contribution in [0.5, 0.6) is 0 Å². The van der Waals surface area contributed by atoms with Gasteiger partial charge in [0, 0.05) is 0 Å². The number of carbonyl (C=O) groups is 2. The van der Waals surface area contributed by atoms with Crippen LogP contribution in [-0.2, 0) is 9.59 Å². The fourth-order valence-corrected chi connectivity index (χ4v) is 1.80. The molecule has 86 valence electrons. The number of rotatable bonds is 6. The third kappa shape index (κ3) is 2.62. The van der Waals surface area contributed by atoms with Crippen LogP contribution in [0.1, 0.15) is 25.5 Å². The van der Waals surface area contributed by atoms with Gasteiger partial charge in [-0.2, -0.15) is 4.91 Å². The molecule has 1 rings (SSSR count). The maximum atomic E-state index is 11.4. The van der Waals surface area contributed by atoms with Gasteiger partial charge in [0.15, 0.2) is 0 Å². The molecule has 0 aliphatic carbocycles. The molecule has 0 fully saturated rings. The number of Topliss-reactive ketones (excluding diaryl/α,β-unsaturated/α-hetero) is 2. The van der Waals surface area contributed by atoms with Gasteiger partial charge < -0.3 is 4.42 Å². The van der Waals surface area contributed by atoms with Crippen LogP contribution < -0.4 is 0 Å². The summed E-state index contributed by atoms with van der Waals surface area (Å²) in [4.78, 5) is 33.1.